The smallest absolute Gasteiger partial charge is 0.264 e. The Morgan fingerprint density at radius 2 is 2.22 bits per heavy atom. The third kappa shape index (κ3) is 3.61. The largest absolute Gasteiger partial charge is 0.349 e. The first-order valence-electron chi connectivity index (χ1n) is 7.60. The van der Waals surface area contributed by atoms with E-state index in [1.54, 1.807) is 16.2 Å². The topological polar surface area (TPSA) is 62.3 Å². The number of aromatic nitrogens is 1. The lowest BCUT2D eigenvalue weighted by Gasteiger charge is -2.23. The predicted octanol–water partition coefficient (Wildman–Crippen LogP) is 2.74. The summed E-state index contributed by atoms with van der Waals surface area (Å²) >= 11 is 3.05. The lowest BCUT2D eigenvalue weighted by molar-refractivity contribution is -0.125. The second kappa shape index (κ2) is 6.80. The SMILES string of the molecule is Cc1ccc(C(=O)N2CCCC2C(=O)NCc2csc(C)n2)s1. The minimum Gasteiger partial charge on any atom is -0.349 e. The number of nitrogens with one attached hydrogen (secondary N) is 1. The average molecular weight is 349 g/mol. The molecule has 1 aliphatic rings. The van der Waals surface area contributed by atoms with E-state index >= 15 is 0 Å². The van der Waals surface area contributed by atoms with Gasteiger partial charge in [0.15, 0.2) is 0 Å². The summed E-state index contributed by atoms with van der Waals surface area (Å²) in [6.45, 7) is 4.98. The fourth-order valence-electron chi connectivity index (χ4n) is 2.76. The molecule has 2 aromatic heterocycles. The first-order valence-corrected chi connectivity index (χ1v) is 9.30. The molecule has 0 aromatic carbocycles. The summed E-state index contributed by atoms with van der Waals surface area (Å²) in [5, 5.41) is 5.84. The Bertz CT molecular complexity index is 722. The van der Waals surface area contributed by atoms with Crippen molar-refractivity contribution in [2.24, 2.45) is 0 Å². The van der Waals surface area contributed by atoms with E-state index in [2.05, 4.69) is 10.3 Å². The van der Waals surface area contributed by atoms with Crippen molar-refractivity contribution in [3.63, 3.8) is 0 Å². The van der Waals surface area contributed by atoms with E-state index in [-0.39, 0.29) is 17.9 Å². The number of hydrogen-bond acceptors (Lipinski definition) is 5. The highest BCUT2D eigenvalue weighted by Crippen LogP contribution is 2.24. The van der Waals surface area contributed by atoms with Crippen molar-refractivity contribution in [1.82, 2.24) is 15.2 Å². The van der Waals surface area contributed by atoms with Crippen LogP contribution in [-0.2, 0) is 11.3 Å². The van der Waals surface area contributed by atoms with Gasteiger partial charge in [0, 0.05) is 16.8 Å². The average Bonchev–Trinajstić information content (AvgIpc) is 3.24. The molecule has 7 heteroatoms. The summed E-state index contributed by atoms with van der Waals surface area (Å²) in [5.41, 5.74) is 0.866. The Labute approximate surface area is 143 Å². The highest BCUT2D eigenvalue weighted by Gasteiger charge is 2.34. The Kier molecular flexibility index (Phi) is 4.77. The van der Waals surface area contributed by atoms with Gasteiger partial charge in [-0.15, -0.1) is 22.7 Å². The molecule has 122 valence electrons. The normalized spacial score (nSPS) is 17.5. The molecule has 3 heterocycles. The van der Waals surface area contributed by atoms with E-state index in [9.17, 15) is 9.59 Å². The molecule has 0 bridgehead atoms. The van der Waals surface area contributed by atoms with Crippen LogP contribution in [0.15, 0.2) is 17.5 Å². The molecule has 23 heavy (non-hydrogen) atoms. The lowest BCUT2D eigenvalue weighted by atomic mass is 10.2. The Morgan fingerprint density at radius 1 is 1.39 bits per heavy atom. The third-order valence-electron chi connectivity index (χ3n) is 3.88. The van der Waals surface area contributed by atoms with Crippen molar-refractivity contribution in [3.05, 3.63) is 38.0 Å². The van der Waals surface area contributed by atoms with E-state index in [1.807, 2.05) is 31.4 Å². The van der Waals surface area contributed by atoms with Gasteiger partial charge in [0.05, 0.1) is 22.1 Å². The number of carbonyl (C=O) groups is 2. The van der Waals surface area contributed by atoms with E-state index in [1.165, 1.54) is 11.3 Å². The minimum absolute atomic E-state index is 0.0368. The molecular weight excluding hydrogens is 330 g/mol. The van der Waals surface area contributed by atoms with Gasteiger partial charge in [-0.3, -0.25) is 9.59 Å². The lowest BCUT2D eigenvalue weighted by Crippen LogP contribution is -2.45. The summed E-state index contributed by atoms with van der Waals surface area (Å²) in [6.07, 6.45) is 1.59. The quantitative estimate of drug-likeness (QED) is 0.923. The molecule has 0 saturated carbocycles. The molecule has 1 N–H and O–H groups in total. The zero-order valence-electron chi connectivity index (χ0n) is 13.2. The zero-order valence-corrected chi connectivity index (χ0v) is 14.8. The number of thiazole rings is 1. The molecular formula is C16H19N3O2S2. The van der Waals surface area contributed by atoms with Gasteiger partial charge in [-0.2, -0.15) is 0 Å². The molecule has 0 aliphatic carbocycles. The van der Waals surface area contributed by atoms with E-state index in [0.717, 1.165) is 28.4 Å². The van der Waals surface area contributed by atoms with Crippen LogP contribution < -0.4 is 5.32 Å². The first-order chi connectivity index (χ1) is 11.0. The summed E-state index contributed by atoms with van der Waals surface area (Å²) in [4.78, 5) is 32.9. The molecule has 2 amide bonds. The minimum atomic E-state index is -0.371. The van der Waals surface area contributed by atoms with Crippen LogP contribution in [0.3, 0.4) is 0 Å². The van der Waals surface area contributed by atoms with Gasteiger partial charge >= 0.3 is 0 Å². The molecule has 1 fully saturated rings. The van der Waals surface area contributed by atoms with Gasteiger partial charge in [0.25, 0.3) is 5.91 Å². The first kappa shape index (κ1) is 16.1. The second-order valence-electron chi connectivity index (χ2n) is 5.64. The third-order valence-corrected chi connectivity index (χ3v) is 5.69. The number of aryl methyl sites for hydroxylation is 2. The number of likely N-dealkylation sites (tertiary alicyclic amines) is 1. The fraction of sp³-hybridized carbons (Fsp3) is 0.438. The van der Waals surface area contributed by atoms with Crippen molar-refractivity contribution >= 4 is 34.5 Å². The van der Waals surface area contributed by atoms with Crippen LogP contribution in [0.5, 0.6) is 0 Å². The Hall–Kier alpha value is -1.73. The summed E-state index contributed by atoms with van der Waals surface area (Å²) < 4.78 is 0. The van der Waals surface area contributed by atoms with Crippen LogP contribution in [0.2, 0.25) is 0 Å². The summed E-state index contributed by atoms with van der Waals surface area (Å²) in [5.74, 6) is -0.125. The standard InChI is InChI=1S/C16H19N3O2S2/c1-10-5-6-14(23-10)16(21)19-7-3-4-13(19)15(20)17-8-12-9-22-11(2)18-12/h5-6,9,13H,3-4,7-8H2,1-2H3,(H,17,20). The van der Waals surface area contributed by atoms with Gasteiger partial charge in [-0.25, -0.2) is 4.98 Å². The molecule has 5 nitrogen and oxygen atoms in total. The Balaban J connectivity index is 1.63. The molecule has 1 atom stereocenters. The van der Waals surface area contributed by atoms with Gasteiger partial charge in [-0.1, -0.05) is 0 Å². The van der Waals surface area contributed by atoms with Crippen LogP contribution in [-0.4, -0.2) is 34.3 Å². The maximum Gasteiger partial charge on any atom is 0.264 e. The van der Waals surface area contributed by atoms with Crippen molar-refractivity contribution in [2.45, 2.75) is 39.3 Å². The van der Waals surface area contributed by atoms with Crippen LogP contribution in [0.1, 0.15) is 38.1 Å². The number of carbonyl (C=O) groups excluding carboxylic acids is 2. The number of hydrogen-bond donors (Lipinski definition) is 1. The van der Waals surface area contributed by atoms with Crippen LogP contribution in [0.4, 0.5) is 0 Å². The van der Waals surface area contributed by atoms with Crippen molar-refractivity contribution in [2.75, 3.05) is 6.54 Å². The number of rotatable bonds is 4. The van der Waals surface area contributed by atoms with E-state index in [4.69, 9.17) is 0 Å². The monoisotopic (exact) mass is 349 g/mol. The second-order valence-corrected chi connectivity index (χ2v) is 7.99. The van der Waals surface area contributed by atoms with Crippen LogP contribution in [0, 0.1) is 13.8 Å². The molecule has 0 spiro atoms. The molecule has 1 saturated heterocycles. The molecule has 1 unspecified atom stereocenters. The van der Waals surface area contributed by atoms with Crippen LogP contribution in [0.25, 0.3) is 0 Å². The van der Waals surface area contributed by atoms with E-state index in [0.29, 0.717) is 18.0 Å². The van der Waals surface area contributed by atoms with Gasteiger partial charge < -0.3 is 10.2 Å². The number of nitrogens with zero attached hydrogens (tertiary/aromatic N) is 2. The summed E-state index contributed by atoms with van der Waals surface area (Å²) in [7, 11) is 0. The van der Waals surface area contributed by atoms with Gasteiger partial charge in [0.2, 0.25) is 5.91 Å². The molecule has 1 aliphatic heterocycles. The van der Waals surface area contributed by atoms with Crippen LogP contribution >= 0.6 is 22.7 Å². The van der Waals surface area contributed by atoms with Crippen molar-refractivity contribution in [3.8, 4) is 0 Å². The maximum atomic E-state index is 12.6. The van der Waals surface area contributed by atoms with Crippen molar-refractivity contribution in [1.29, 1.82) is 0 Å². The molecule has 0 radical (unpaired) electrons. The van der Waals surface area contributed by atoms with Crippen molar-refractivity contribution < 1.29 is 9.59 Å². The highest BCUT2D eigenvalue weighted by molar-refractivity contribution is 7.13. The number of amides is 2. The van der Waals surface area contributed by atoms with Gasteiger partial charge in [0.1, 0.15) is 6.04 Å². The zero-order chi connectivity index (χ0) is 16.4. The molecule has 3 rings (SSSR count). The molecule has 2 aromatic rings. The van der Waals surface area contributed by atoms with Gasteiger partial charge in [-0.05, 0) is 38.8 Å². The van der Waals surface area contributed by atoms with E-state index < -0.39 is 0 Å². The predicted molar refractivity (Wildman–Crippen MR) is 91.8 cm³/mol. The summed E-state index contributed by atoms with van der Waals surface area (Å²) in [6, 6.07) is 3.41. The Morgan fingerprint density at radius 3 is 2.87 bits per heavy atom. The highest BCUT2D eigenvalue weighted by atomic mass is 32.1. The number of thiophene rings is 1. The maximum absolute atomic E-state index is 12.6. The fourth-order valence-corrected chi connectivity index (χ4v) is 4.19.